The van der Waals surface area contributed by atoms with Gasteiger partial charge in [-0.05, 0) is 42.7 Å². The van der Waals surface area contributed by atoms with Crippen LogP contribution in [0.2, 0.25) is 0 Å². The van der Waals surface area contributed by atoms with Crippen LogP contribution in [0.3, 0.4) is 0 Å². The summed E-state index contributed by atoms with van der Waals surface area (Å²) in [6.45, 7) is 3.59. The van der Waals surface area contributed by atoms with Crippen molar-refractivity contribution in [2.75, 3.05) is 5.73 Å². The Morgan fingerprint density at radius 1 is 1.35 bits per heavy atom. The molecule has 2 aromatic rings. The highest BCUT2D eigenvalue weighted by atomic mass is 32.1. The molecule has 2 rings (SSSR count). The van der Waals surface area contributed by atoms with Gasteiger partial charge < -0.3 is 5.73 Å². The highest BCUT2D eigenvalue weighted by molar-refractivity contribution is 7.16. The van der Waals surface area contributed by atoms with E-state index in [0.29, 0.717) is 16.1 Å². The van der Waals surface area contributed by atoms with Gasteiger partial charge in [-0.1, -0.05) is 6.07 Å². The molecule has 0 unspecified atom stereocenters. The molecule has 0 saturated carbocycles. The van der Waals surface area contributed by atoms with Crippen molar-refractivity contribution < 1.29 is 4.39 Å². The molecule has 0 spiro atoms. The topological polar surface area (TPSA) is 49.8 Å². The molecule has 0 atom stereocenters. The number of hydrogen-bond donors (Lipinski definition) is 1. The molecule has 1 heterocycles. The smallest absolute Gasteiger partial charge is 0.128 e. The molecule has 0 aliphatic heterocycles. The van der Waals surface area contributed by atoms with Gasteiger partial charge in [-0.15, -0.1) is 11.3 Å². The van der Waals surface area contributed by atoms with Crippen LogP contribution in [-0.2, 0) is 0 Å². The van der Waals surface area contributed by atoms with Gasteiger partial charge in [0.05, 0.1) is 5.69 Å². The van der Waals surface area contributed by atoms with E-state index in [1.807, 2.05) is 6.92 Å². The lowest BCUT2D eigenvalue weighted by Gasteiger charge is -2.02. The zero-order valence-electron chi connectivity index (χ0n) is 9.54. The van der Waals surface area contributed by atoms with Crippen molar-refractivity contribution >= 4 is 17.0 Å². The Morgan fingerprint density at radius 3 is 2.59 bits per heavy atom. The lowest BCUT2D eigenvalue weighted by Crippen LogP contribution is -1.88. The SMILES string of the molecule is Cc1cc(-c2sc(C#N)c(N)c2C)ccc1F. The van der Waals surface area contributed by atoms with Crippen molar-refractivity contribution in [1.29, 1.82) is 5.26 Å². The highest BCUT2D eigenvalue weighted by Gasteiger charge is 2.14. The summed E-state index contributed by atoms with van der Waals surface area (Å²) in [6.07, 6.45) is 0. The van der Waals surface area contributed by atoms with Gasteiger partial charge in [0.15, 0.2) is 0 Å². The standard InChI is InChI=1S/C13H11FN2S/c1-7-5-9(3-4-10(7)14)13-8(2)12(16)11(6-15)17-13/h3-5H,16H2,1-2H3. The molecule has 1 aromatic heterocycles. The Kier molecular flexibility index (Phi) is 2.86. The van der Waals surface area contributed by atoms with Gasteiger partial charge in [-0.3, -0.25) is 0 Å². The number of nitrogens with two attached hydrogens (primary N) is 1. The third-order valence-corrected chi connectivity index (χ3v) is 3.98. The number of hydrogen-bond acceptors (Lipinski definition) is 3. The second-order valence-corrected chi connectivity index (χ2v) is 4.90. The van der Waals surface area contributed by atoms with Crippen LogP contribution in [0.15, 0.2) is 18.2 Å². The first kappa shape index (κ1) is 11.6. The molecule has 4 heteroatoms. The van der Waals surface area contributed by atoms with Crippen LogP contribution < -0.4 is 5.73 Å². The quantitative estimate of drug-likeness (QED) is 0.835. The molecule has 0 saturated heterocycles. The summed E-state index contributed by atoms with van der Waals surface area (Å²) < 4.78 is 13.2. The maximum Gasteiger partial charge on any atom is 0.128 e. The third kappa shape index (κ3) is 1.90. The van der Waals surface area contributed by atoms with Crippen molar-refractivity contribution in [2.45, 2.75) is 13.8 Å². The number of nitriles is 1. The number of nitrogen functional groups attached to an aromatic ring is 1. The van der Waals surface area contributed by atoms with Crippen LogP contribution in [-0.4, -0.2) is 0 Å². The predicted molar refractivity (Wildman–Crippen MR) is 68.3 cm³/mol. The van der Waals surface area contributed by atoms with Crippen LogP contribution in [0.5, 0.6) is 0 Å². The summed E-state index contributed by atoms with van der Waals surface area (Å²) in [5.74, 6) is -0.226. The van der Waals surface area contributed by atoms with Gasteiger partial charge >= 0.3 is 0 Å². The van der Waals surface area contributed by atoms with E-state index in [0.717, 1.165) is 16.0 Å². The van der Waals surface area contributed by atoms with Crippen LogP contribution in [0.1, 0.15) is 16.0 Å². The fourth-order valence-electron chi connectivity index (χ4n) is 1.67. The normalized spacial score (nSPS) is 10.2. The third-order valence-electron chi connectivity index (χ3n) is 2.72. The Morgan fingerprint density at radius 2 is 2.06 bits per heavy atom. The minimum Gasteiger partial charge on any atom is -0.397 e. The summed E-state index contributed by atoms with van der Waals surface area (Å²) >= 11 is 1.35. The number of rotatable bonds is 1. The van der Waals surface area contributed by atoms with E-state index in [1.165, 1.54) is 17.4 Å². The van der Waals surface area contributed by atoms with Crippen molar-refractivity contribution in [2.24, 2.45) is 0 Å². The van der Waals surface area contributed by atoms with Gasteiger partial charge in [-0.25, -0.2) is 4.39 Å². The number of benzene rings is 1. The average Bonchev–Trinajstić information content (AvgIpc) is 2.60. The molecule has 0 aliphatic rings. The van der Waals surface area contributed by atoms with Gasteiger partial charge in [0, 0.05) is 4.88 Å². The Balaban J connectivity index is 2.61. The van der Waals surface area contributed by atoms with Crippen LogP contribution in [0.25, 0.3) is 10.4 Å². The van der Waals surface area contributed by atoms with Crippen LogP contribution >= 0.6 is 11.3 Å². The number of halogens is 1. The van der Waals surface area contributed by atoms with Crippen molar-refractivity contribution in [1.82, 2.24) is 0 Å². The molecule has 0 bridgehead atoms. The number of thiophene rings is 1. The van der Waals surface area contributed by atoms with Crippen LogP contribution in [0.4, 0.5) is 10.1 Å². The Bertz CT molecular complexity index is 623. The molecule has 0 amide bonds. The summed E-state index contributed by atoms with van der Waals surface area (Å²) in [5, 5.41) is 8.92. The van der Waals surface area contributed by atoms with Crippen molar-refractivity contribution in [3.63, 3.8) is 0 Å². The van der Waals surface area contributed by atoms with Crippen molar-refractivity contribution in [3.05, 3.63) is 40.0 Å². The van der Waals surface area contributed by atoms with E-state index in [-0.39, 0.29) is 5.82 Å². The van der Waals surface area contributed by atoms with Gasteiger partial charge in [0.25, 0.3) is 0 Å². The van der Waals surface area contributed by atoms with E-state index >= 15 is 0 Å². The highest BCUT2D eigenvalue weighted by Crippen LogP contribution is 2.37. The van der Waals surface area contributed by atoms with Gasteiger partial charge in [0.2, 0.25) is 0 Å². The molecule has 0 radical (unpaired) electrons. The molecule has 2 N–H and O–H groups in total. The van der Waals surface area contributed by atoms with Gasteiger partial charge in [-0.2, -0.15) is 5.26 Å². The first-order valence-electron chi connectivity index (χ1n) is 5.10. The maximum atomic E-state index is 13.2. The average molecular weight is 246 g/mol. The molecular weight excluding hydrogens is 235 g/mol. The zero-order chi connectivity index (χ0) is 12.6. The van der Waals surface area contributed by atoms with E-state index in [9.17, 15) is 4.39 Å². The fourth-order valence-corrected chi connectivity index (χ4v) is 2.69. The van der Waals surface area contributed by atoms with E-state index < -0.39 is 0 Å². The number of aryl methyl sites for hydroxylation is 1. The van der Waals surface area contributed by atoms with Crippen LogP contribution in [0, 0.1) is 31.0 Å². The van der Waals surface area contributed by atoms with E-state index in [2.05, 4.69) is 6.07 Å². The molecule has 0 fully saturated rings. The molecule has 1 aromatic carbocycles. The molecule has 0 aliphatic carbocycles. The number of anilines is 1. The zero-order valence-corrected chi connectivity index (χ0v) is 10.4. The Labute approximate surface area is 103 Å². The van der Waals surface area contributed by atoms with Gasteiger partial charge in [0.1, 0.15) is 16.8 Å². The molecule has 17 heavy (non-hydrogen) atoms. The monoisotopic (exact) mass is 246 g/mol. The van der Waals surface area contributed by atoms with E-state index in [1.54, 1.807) is 19.1 Å². The fraction of sp³-hybridized carbons (Fsp3) is 0.154. The lowest BCUT2D eigenvalue weighted by atomic mass is 10.1. The number of nitrogens with zero attached hydrogens (tertiary/aromatic N) is 1. The second-order valence-electron chi connectivity index (χ2n) is 3.87. The molecular formula is C13H11FN2S. The molecule has 86 valence electrons. The first-order valence-corrected chi connectivity index (χ1v) is 5.91. The summed E-state index contributed by atoms with van der Waals surface area (Å²) in [6, 6.07) is 6.99. The summed E-state index contributed by atoms with van der Waals surface area (Å²) in [5.41, 5.74) is 8.73. The summed E-state index contributed by atoms with van der Waals surface area (Å²) in [7, 11) is 0. The lowest BCUT2D eigenvalue weighted by molar-refractivity contribution is 0.619. The predicted octanol–water partition coefficient (Wildman–Crippen LogP) is 3.62. The van der Waals surface area contributed by atoms with Crippen molar-refractivity contribution in [3.8, 4) is 16.5 Å². The maximum absolute atomic E-state index is 13.2. The largest absolute Gasteiger partial charge is 0.397 e. The first-order chi connectivity index (χ1) is 8.04. The molecule has 2 nitrogen and oxygen atoms in total. The minimum absolute atomic E-state index is 0.226. The summed E-state index contributed by atoms with van der Waals surface area (Å²) in [4.78, 5) is 1.45. The Hall–Kier alpha value is -1.86. The second kappa shape index (κ2) is 4.19. The van der Waals surface area contributed by atoms with E-state index in [4.69, 9.17) is 11.0 Å². The minimum atomic E-state index is -0.226.